The number of amides is 1. The van der Waals surface area contributed by atoms with Gasteiger partial charge in [0.1, 0.15) is 11.9 Å². The molecule has 0 radical (unpaired) electrons. The molecule has 2 unspecified atom stereocenters. The molecule has 0 aliphatic rings. The maximum absolute atomic E-state index is 14.0. The lowest BCUT2D eigenvalue weighted by Gasteiger charge is -2.34. The maximum atomic E-state index is 14.0. The minimum Gasteiger partial charge on any atom is -0.472 e. The van der Waals surface area contributed by atoms with Crippen LogP contribution >= 0.6 is 0 Å². The van der Waals surface area contributed by atoms with Gasteiger partial charge >= 0.3 is 6.18 Å². The first-order valence-corrected chi connectivity index (χ1v) is 10.7. The SMILES string of the molecule is CCC(C(C)Oc1ccc(C(F)(F)F)cn1)N(CC)C(=O)c1ccc(F)cc1-c1ncccn1. The van der Waals surface area contributed by atoms with E-state index in [0.29, 0.717) is 19.2 Å². The van der Waals surface area contributed by atoms with Gasteiger partial charge in [0.25, 0.3) is 5.91 Å². The molecular formula is C24H24F4N4O2. The maximum Gasteiger partial charge on any atom is 0.417 e. The molecule has 10 heteroatoms. The first-order valence-electron chi connectivity index (χ1n) is 10.7. The van der Waals surface area contributed by atoms with Crippen molar-refractivity contribution >= 4 is 5.91 Å². The molecule has 0 bridgehead atoms. The smallest absolute Gasteiger partial charge is 0.417 e. The van der Waals surface area contributed by atoms with Crippen LogP contribution < -0.4 is 4.74 Å². The number of rotatable bonds is 8. The second-order valence-electron chi connectivity index (χ2n) is 7.53. The van der Waals surface area contributed by atoms with Crippen molar-refractivity contribution in [2.24, 2.45) is 0 Å². The highest BCUT2D eigenvalue weighted by atomic mass is 19.4. The van der Waals surface area contributed by atoms with Crippen molar-refractivity contribution < 1.29 is 27.1 Å². The average molecular weight is 476 g/mol. The Morgan fingerprint density at radius 1 is 1.09 bits per heavy atom. The summed E-state index contributed by atoms with van der Waals surface area (Å²) in [6.07, 6.45) is -0.878. The number of aromatic nitrogens is 3. The molecule has 0 saturated carbocycles. The molecule has 0 aliphatic heterocycles. The Morgan fingerprint density at radius 2 is 1.79 bits per heavy atom. The van der Waals surface area contributed by atoms with Gasteiger partial charge in [-0.05, 0) is 50.6 Å². The van der Waals surface area contributed by atoms with Crippen molar-refractivity contribution in [3.63, 3.8) is 0 Å². The van der Waals surface area contributed by atoms with E-state index in [2.05, 4.69) is 15.0 Å². The van der Waals surface area contributed by atoms with Crippen LogP contribution in [0.25, 0.3) is 11.4 Å². The summed E-state index contributed by atoms with van der Waals surface area (Å²) in [5.74, 6) is -0.665. The highest BCUT2D eigenvalue weighted by Gasteiger charge is 2.32. The quantitative estimate of drug-likeness (QED) is 0.407. The first kappa shape index (κ1) is 25.1. The van der Waals surface area contributed by atoms with Crippen LogP contribution in [0.2, 0.25) is 0 Å². The molecule has 34 heavy (non-hydrogen) atoms. The van der Waals surface area contributed by atoms with Crippen molar-refractivity contribution in [1.29, 1.82) is 0 Å². The van der Waals surface area contributed by atoms with Crippen molar-refractivity contribution in [3.05, 3.63) is 71.9 Å². The van der Waals surface area contributed by atoms with Gasteiger partial charge in [-0.2, -0.15) is 13.2 Å². The summed E-state index contributed by atoms with van der Waals surface area (Å²) in [6.45, 7) is 5.70. The minimum absolute atomic E-state index is 0.0163. The molecule has 0 aliphatic carbocycles. The summed E-state index contributed by atoms with van der Waals surface area (Å²) in [5, 5.41) is 0. The number of ether oxygens (including phenoxy) is 1. The molecule has 2 atom stereocenters. The van der Waals surface area contributed by atoms with E-state index in [-0.39, 0.29) is 28.7 Å². The van der Waals surface area contributed by atoms with Crippen molar-refractivity contribution in [2.75, 3.05) is 6.54 Å². The largest absolute Gasteiger partial charge is 0.472 e. The van der Waals surface area contributed by atoms with Crippen molar-refractivity contribution in [3.8, 4) is 17.3 Å². The average Bonchev–Trinajstić information content (AvgIpc) is 2.82. The van der Waals surface area contributed by atoms with Gasteiger partial charge in [-0.1, -0.05) is 6.92 Å². The van der Waals surface area contributed by atoms with Crippen LogP contribution in [0.4, 0.5) is 17.6 Å². The fourth-order valence-electron chi connectivity index (χ4n) is 3.70. The van der Waals surface area contributed by atoms with E-state index in [4.69, 9.17) is 4.74 Å². The highest BCUT2D eigenvalue weighted by Crippen LogP contribution is 2.30. The third kappa shape index (κ3) is 5.67. The predicted octanol–water partition coefficient (Wildman–Crippen LogP) is 5.40. The Balaban J connectivity index is 1.86. The van der Waals surface area contributed by atoms with Gasteiger partial charge in [-0.25, -0.2) is 19.3 Å². The van der Waals surface area contributed by atoms with E-state index in [9.17, 15) is 22.4 Å². The zero-order valence-electron chi connectivity index (χ0n) is 18.9. The molecule has 1 amide bonds. The van der Waals surface area contributed by atoms with E-state index in [1.54, 1.807) is 24.8 Å². The molecule has 3 rings (SSSR count). The second kappa shape index (κ2) is 10.6. The molecule has 0 saturated heterocycles. The molecule has 0 N–H and O–H groups in total. The number of halogens is 4. The highest BCUT2D eigenvalue weighted by molar-refractivity contribution is 6.00. The lowest BCUT2D eigenvalue weighted by atomic mass is 10.0. The minimum atomic E-state index is -4.50. The normalized spacial score (nSPS) is 13.3. The molecular weight excluding hydrogens is 452 g/mol. The Bertz CT molecular complexity index is 1110. The Morgan fingerprint density at radius 3 is 2.35 bits per heavy atom. The topological polar surface area (TPSA) is 68.2 Å². The lowest BCUT2D eigenvalue weighted by molar-refractivity contribution is -0.137. The van der Waals surface area contributed by atoms with E-state index >= 15 is 0 Å². The van der Waals surface area contributed by atoms with Crippen molar-refractivity contribution in [2.45, 2.75) is 45.5 Å². The molecule has 180 valence electrons. The van der Waals surface area contributed by atoms with Gasteiger partial charge in [0.05, 0.1) is 17.2 Å². The predicted molar refractivity (Wildman–Crippen MR) is 118 cm³/mol. The van der Waals surface area contributed by atoms with Gasteiger partial charge in [-0.15, -0.1) is 0 Å². The van der Waals surface area contributed by atoms with Crippen LogP contribution in [0.15, 0.2) is 55.0 Å². The van der Waals surface area contributed by atoms with Gasteiger partial charge in [0, 0.05) is 36.8 Å². The van der Waals surface area contributed by atoms with Crippen LogP contribution in [0.1, 0.15) is 43.1 Å². The number of hydrogen-bond acceptors (Lipinski definition) is 5. The van der Waals surface area contributed by atoms with Gasteiger partial charge in [-0.3, -0.25) is 4.79 Å². The number of pyridine rings is 1. The van der Waals surface area contributed by atoms with Crippen LogP contribution in [-0.2, 0) is 6.18 Å². The van der Waals surface area contributed by atoms with Gasteiger partial charge in [0.2, 0.25) is 5.88 Å². The first-order chi connectivity index (χ1) is 16.2. The fraction of sp³-hybridized carbons (Fsp3) is 0.333. The number of carbonyl (C=O) groups is 1. The number of benzene rings is 1. The van der Waals surface area contributed by atoms with Crippen LogP contribution in [-0.4, -0.2) is 44.4 Å². The molecule has 3 aromatic rings. The summed E-state index contributed by atoms with van der Waals surface area (Å²) in [4.78, 5) is 27.1. The molecule has 0 fully saturated rings. The summed E-state index contributed by atoms with van der Waals surface area (Å²) in [5.41, 5.74) is -0.387. The molecule has 0 spiro atoms. The van der Waals surface area contributed by atoms with E-state index in [0.717, 1.165) is 12.1 Å². The Kier molecular flexibility index (Phi) is 7.80. The lowest BCUT2D eigenvalue weighted by Crippen LogP contribution is -2.47. The summed E-state index contributed by atoms with van der Waals surface area (Å²) in [6, 6.07) is 7.02. The number of likely N-dealkylation sites (N-methyl/N-ethyl adjacent to an activating group) is 1. The molecule has 6 nitrogen and oxygen atoms in total. The van der Waals surface area contributed by atoms with E-state index in [1.807, 2.05) is 6.92 Å². The van der Waals surface area contributed by atoms with Gasteiger partial charge in [0.15, 0.2) is 5.82 Å². The Labute approximate surface area is 194 Å². The Hall–Kier alpha value is -3.56. The summed E-state index contributed by atoms with van der Waals surface area (Å²) < 4.78 is 58.1. The van der Waals surface area contributed by atoms with Crippen LogP contribution in [0.5, 0.6) is 5.88 Å². The summed E-state index contributed by atoms with van der Waals surface area (Å²) >= 11 is 0. The molecule has 1 aromatic carbocycles. The van der Waals surface area contributed by atoms with E-state index < -0.39 is 29.7 Å². The zero-order valence-corrected chi connectivity index (χ0v) is 18.9. The number of carbonyl (C=O) groups excluding carboxylic acids is 1. The number of alkyl halides is 3. The zero-order chi connectivity index (χ0) is 24.9. The molecule has 2 aromatic heterocycles. The monoisotopic (exact) mass is 476 g/mol. The summed E-state index contributed by atoms with van der Waals surface area (Å²) in [7, 11) is 0. The third-order valence-electron chi connectivity index (χ3n) is 5.35. The van der Waals surface area contributed by atoms with Gasteiger partial charge < -0.3 is 9.64 Å². The van der Waals surface area contributed by atoms with Crippen LogP contribution in [0, 0.1) is 5.82 Å². The fourth-order valence-corrected chi connectivity index (χ4v) is 3.70. The van der Waals surface area contributed by atoms with Crippen molar-refractivity contribution in [1.82, 2.24) is 19.9 Å². The second-order valence-corrected chi connectivity index (χ2v) is 7.53. The number of nitrogens with zero attached hydrogens (tertiary/aromatic N) is 4. The number of hydrogen-bond donors (Lipinski definition) is 0. The van der Waals surface area contributed by atoms with Crippen LogP contribution in [0.3, 0.4) is 0 Å². The standard InChI is InChI=1S/C24H24F4N4O2/c1-4-20(15(3)34-21-10-7-16(14-31-21)24(26,27)28)32(5-2)23(33)18-9-8-17(25)13-19(18)22-29-11-6-12-30-22/h6-15,20H,4-5H2,1-3H3. The molecule has 2 heterocycles. The third-order valence-corrected chi connectivity index (χ3v) is 5.35. The van der Waals surface area contributed by atoms with E-state index in [1.165, 1.54) is 30.6 Å².